The average Bonchev–Trinajstić information content (AvgIpc) is 2.38. The summed E-state index contributed by atoms with van der Waals surface area (Å²) < 4.78 is 18.3. The fraction of sp³-hybridized carbons (Fsp3) is 0.462. The van der Waals surface area contributed by atoms with Crippen molar-refractivity contribution >= 4 is 17.5 Å². The highest BCUT2D eigenvalue weighted by atomic mass is 35.5. The molecule has 0 aliphatic carbocycles. The van der Waals surface area contributed by atoms with E-state index in [0.29, 0.717) is 36.8 Å². The first-order chi connectivity index (χ1) is 8.63. The monoisotopic (exact) mass is 271 g/mol. The fourth-order valence-corrected chi connectivity index (χ4v) is 2.33. The van der Waals surface area contributed by atoms with Crippen LogP contribution in [0.25, 0.3) is 0 Å². The number of nitrogens with zero attached hydrogens (tertiary/aromatic N) is 1. The van der Waals surface area contributed by atoms with Gasteiger partial charge in [-0.25, -0.2) is 4.39 Å². The molecule has 0 aromatic heterocycles. The van der Waals surface area contributed by atoms with Crippen molar-refractivity contribution in [3.8, 4) is 0 Å². The van der Waals surface area contributed by atoms with E-state index < -0.39 is 0 Å². The van der Waals surface area contributed by atoms with Crippen molar-refractivity contribution in [2.45, 2.75) is 13.0 Å². The van der Waals surface area contributed by atoms with Crippen molar-refractivity contribution in [1.29, 1.82) is 0 Å². The Morgan fingerprint density at radius 2 is 2.39 bits per heavy atom. The number of benzene rings is 1. The van der Waals surface area contributed by atoms with Crippen LogP contribution in [0.4, 0.5) is 4.39 Å². The molecule has 2 rings (SSSR count). The van der Waals surface area contributed by atoms with E-state index in [1.165, 1.54) is 18.2 Å². The molecule has 0 N–H and O–H groups in total. The second kappa shape index (κ2) is 5.67. The highest BCUT2D eigenvalue weighted by molar-refractivity contribution is 6.18. The van der Waals surface area contributed by atoms with Crippen LogP contribution in [-0.2, 0) is 4.74 Å². The smallest absolute Gasteiger partial charge is 0.254 e. The second-order valence-electron chi connectivity index (χ2n) is 4.34. The van der Waals surface area contributed by atoms with Crippen LogP contribution in [0.2, 0.25) is 0 Å². The zero-order valence-corrected chi connectivity index (χ0v) is 10.9. The molecule has 0 radical (unpaired) electrons. The molecule has 18 heavy (non-hydrogen) atoms. The summed E-state index contributed by atoms with van der Waals surface area (Å²) >= 11 is 5.84. The first kappa shape index (κ1) is 13.3. The minimum atomic E-state index is -0.333. The van der Waals surface area contributed by atoms with Gasteiger partial charge in [0.1, 0.15) is 5.82 Å². The molecule has 98 valence electrons. The van der Waals surface area contributed by atoms with E-state index in [1.807, 2.05) is 0 Å². The van der Waals surface area contributed by atoms with Crippen LogP contribution in [0.1, 0.15) is 15.9 Å². The molecule has 1 aliphatic rings. The Labute approximate surface area is 110 Å². The lowest BCUT2D eigenvalue weighted by Crippen LogP contribution is -2.49. The zero-order chi connectivity index (χ0) is 13.1. The predicted octanol–water partition coefficient (Wildman–Crippen LogP) is 2.21. The van der Waals surface area contributed by atoms with Gasteiger partial charge < -0.3 is 9.64 Å². The van der Waals surface area contributed by atoms with Crippen molar-refractivity contribution in [3.63, 3.8) is 0 Å². The summed E-state index contributed by atoms with van der Waals surface area (Å²) in [6.45, 7) is 3.22. The standard InChI is InChI=1S/C13H15ClFNO2/c1-9-6-10(15)2-3-12(9)13(17)16-4-5-18-8-11(16)7-14/h2-3,6,11H,4-5,7-8H2,1H3. The maximum absolute atomic E-state index is 13.0. The van der Waals surface area contributed by atoms with Crippen molar-refractivity contribution in [3.05, 3.63) is 35.1 Å². The van der Waals surface area contributed by atoms with Crippen LogP contribution in [0.5, 0.6) is 0 Å². The van der Waals surface area contributed by atoms with Gasteiger partial charge in [-0.1, -0.05) is 0 Å². The third kappa shape index (κ3) is 2.65. The molecule has 1 heterocycles. The zero-order valence-electron chi connectivity index (χ0n) is 10.2. The summed E-state index contributed by atoms with van der Waals surface area (Å²) in [6, 6.07) is 4.07. The Morgan fingerprint density at radius 1 is 1.61 bits per heavy atom. The summed E-state index contributed by atoms with van der Waals surface area (Å²) in [4.78, 5) is 14.1. The van der Waals surface area contributed by atoms with E-state index in [2.05, 4.69) is 0 Å². The summed E-state index contributed by atoms with van der Waals surface area (Å²) in [6.07, 6.45) is 0. The van der Waals surface area contributed by atoms with Gasteiger partial charge in [-0.2, -0.15) is 0 Å². The van der Waals surface area contributed by atoms with E-state index in [1.54, 1.807) is 11.8 Å². The Balaban J connectivity index is 2.24. The van der Waals surface area contributed by atoms with E-state index in [-0.39, 0.29) is 17.8 Å². The number of hydrogen-bond donors (Lipinski definition) is 0. The second-order valence-corrected chi connectivity index (χ2v) is 4.65. The Kier molecular flexibility index (Phi) is 4.19. The van der Waals surface area contributed by atoms with Gasteiger partial charge in [0.2, 0.25) is 0 Å². The van der Waals surface area contributed by atoms with Crippen LogP contribution < -0.4 is 0 Å². The van der Waals surface area contributed by atoms with E-state index in [9.17, 15) is 9.18 Å². The van der Waals surface area contributed by atoms with Crippen LogP contribution in [0, 0.1) is 12.7 Å². The van der Waals surface area contributed by atoms with Crippen LogP contribution in [0.3, 0.4) is 0 Å². The van der Waals surface area contributed by atoms with Crippen molar-refractivity contribution in [2.75, 3.05) is 25.6 Å². The third-order valence-corrected chi connectivity index (χ3v) is 3.44. The molecule has 1 aromatic carbocycles. The molecule has 1 aromatic rings. The number of aryl methyl sites for hydroxylation is 1. The summed E-state index contributed by atoms with van der Waals surface area (Å²) in [7, 11) is 0. The SMILES string of the molecule is Cc1cc(F)ccc1C(=O)N1CCOCC1CCl. The number of carbonyl (C=O) groups excluding carboxylic acids is 1. The van der Waals surface area contributed by atoms with Crippen LogP contribution in [-0.4, -0.2) is 42.5 Å². The summed E-state index contributed by atoms with van der Waals surface area (Å²) in [5.41, 5.74) is 1.16. The van der Waals surface area contributed by atoms with Crippen LogP contribution >= 0.6 is 11.6 Å². The lowest BCUT2D eigenvalue weighted by atomic mass is 10.1. The highest BCUT2D eigenvalue weighted by Crippen LogP contribution is 2.17. The summed E-state index contributed by atoms with van der Waals surface area (Å²) in [5.74, 6) is -0.104. The van der Waals surface area contributed by atoms with Crippen molar-refractivity contribution < 1.29 is 13.9 Å². The lowest BCUT2D eigenvalue weighted by Gasteiger charge is -2.34. The van der Waals surface area contributed by atoms with Gasteiger partial charge in [0, 0.05) is 18.0 Å². The number of carbonyl (C=O) groups is 1. The van der Waals surface area contributed by atoms with Gasteiger partial charge in [-0.15, -0.1) is 11.6 Å². The third-order valence-electron chi connectivity index (χ3n) is 3.09. The maximum Gasteiger partial charge on any atom is 0.254 e. The molecule has 1 atom stereocenters. The molecule has 3 nitrogen and oxygen atoms in total. The molecule has 1 fully saturated rings. The Hall–Kier alpha value is -1.13. The minimum Gasteiger partial charge on any atom is -0.377 e. The van der Waals surface area contributed by atoms with Crippen LogP contribution in [0.15, 0.2) is 18.2 Å². The van der Waals surface area contributed by atoms with Gasteiger partial charge >= 0.3 is 0 Å². The van der Waals surface area contributed by atoms with Crippen molar-refractivity contribution in [2.24, 2.45) is 0 Å². The number of rotatable bonds is 2. The quantitative estimate of drug-likeness (QED) is 0.772. The maximum atomic E-state index is 13.0. The first-order valence-corrected chi connectivity index (χ1v) is 6.37. The molecular formula is C13H15ClFNO2. The largest absolute Gasteiger partial charge is 0.377 e. The molecular weight excluding hydrogens is 257 g/mol. The van der Waals surface area contributed by atoms with Gasteiger partial charge in [0.05, 0.1) is 19.3 Å². The number of morpholine rings is 1. The minimum absolute atomic E-state index is 0.110. The Bertz CT molecular complexity index is 453. The van der Waals surface area contributed by atoms with Gasteiger partial charge in [0.15, 0.2) is 0 Å². The molecule has 5 heteroatoms. The fourth-order valence-electron chi connectivity index (χ4n) is 2.07. The van der Waals surface area contributed by atoms with Gasteiger partial charge in [0.25, 0.3) is 5.91 Å². The molecule has 0 saturated carbocycles. The number of halogens is 2. The number of alkyl halides is 1. The Morgan fingerprint density at radius 3 is 3.06 bits per heavy atom. The van der Waals surface area contributed by atoms with Crippen molar-refractivity contribution in [1.82, 2.24) is 4.90 Å². The van der Waals surface area contributed by atoms with E-state index >= 15 is 0 Å². The molecule has 1 amide bonds. The van der Waals surface area contributed by atoms with Gasteiger partial charge in [-0.3, -0.25) is 4.79 Å². The van der Waals surface area contributed by atoms with Gasteiger partial charge in [-0.05, 0) is 30.7 Å². The number of ether oxygens (including phenoxy) is 1. The molecule has 1 unspecified atom stereocenters. The predicted molar refractivity (Wildman–Crippen MR) is 67.5 cm³/mol. The normalized spacial score (nSPS) is 19.9. The van der Waals surface area contributed by atoms with E-state index in [0.717, 1.165) is 0 Å². The molecule has 1 saturated heterocycles. The number of hydrogen-bond acceptors (Lipinski definition) is 2. The highest BCUT2D eigenvalue weighted by Gasteiger charge is 2.28. The molecule has 0 bridgehead atoms. The molecule has 0 spiro atoms. The summed E-state index contributed by atoms with van der Waals surface area (Å²) in [5, 5.41) is 0. The average molecular weight is 272 g/mol. The lowest BCUT2D eigenvalue weighted by molar-refractivity contribution is 0.00452. The topological polar surface area (TPSA) is 29.5 Å². The molecule has 1 aliphatic heterocycles. The van der Waals surface area contributed by atoms with E-state index in [4.69, 9.17) is 16.3 Å². The first-order valence-electron chi connectivity index (χ1n) is 5.84. The number of amides is 1.